The van der Waals surface area contributed by atoms with Gasteiger partial charge in [0.2, 0.25) is 5.76 Å². The monoisotopic (exact) mass is 461 g/mol. The molecule has 1 N–H and O–H groups in total. The smallest absolute Gasteiger partial charge is 0.417 e. The molecule has 1 amide bonds. The number of carbonyl (C=O) groups excluding carboxylic acids is 3. The van der Waals surface area contributed by atoms with E-state index in [1.165, 1.54) is 12.1 Å². The number of amides is 1. The minimum absolute atomic E-state index is 0.0613. The molecule has 166 valence electrons. The Morgan fingerprint density at radius 3 is 2.13 bits per heavy atom. The molecule has 30 heavy (non-hydrogen) atoms. The van der Waals surface area contributed by atoms with Crippen molar-refractivity contribution in [1.29, 1.82) is 0 Å². The molecule has 1 aliphatic rings. The van der Waals surface area contributed by atoms with Crippen molar-refractivity contribution < 1.29 is 37.4 Å². The quantitative estimate of drug-likeness (QED) is 0.505. The molecule has 0 unspecified atom stereocenters. The van der Waals surface area contributed by atoms with Gasteiger partial charge in [0.25, 0.3) is 10.0 Å². The van der Waals surface area contributed by atoms with Crippen LogP contribution in [0.5, 0.6) is 0 Å². The highest BCUT2D eigenvalue weighted by molar-refractivity contribution is 7.99. The summed E-state index contributed by atoms with van der Waals surface area (Å²) in [6.07, 6.45) is 1.29. The molecular weight excluding hydrogens is 438 g/mol. The molecule has 0 atom stereocenters. The number of hydrogen-bond donors (Lipinski definition) is 1. The Kier molecular flexibility index (Phi) is 9.80. The third kappa shape index (κ3) is 6.20. The second-order valence-corrected chi connectivity index (χ2v) is 8.10. The van der Waals surface area contributed by atoms with E-state index in [1.54, 1.807) is 26.0 Å². The second kappa shape index (κ2) is 11.6. The van der Waals surface area contributed by atoms with Crippen molar-refractivity contribution in [1.82, 2.24) is 4.31 Å². The van der Waals surface area contributed by atoms with E-state index in [0.717, 1.165) is 6.42 Å². The Bertz CT molecular complexity index is 910. The summed E-state index contributed by atoms with van der Waals surface area (Å²) in [4.78, 5) is 32.4. The number of unbranched alkanes of at least 4 members (excludes halogenated alkanes) is 1. The van der Waals surface area contributed by atoms with E-state index in [-0.39, 0.29) is 30.2 Å². The number of halogens is 1. The normalized spacial score (nSPS) is 14.8. The van der Waals surface area contributed by atoms with Crippen molar-refractivity contribution >= 4 is 44.4 Å². The number of rotatable bonds is 6. The average Bonchev–Trinajstić information content (AvgIpc) is 2.85. The maximum Gasteiger partial charge on any atom is 0.417 e. The molecule has 0 saturated carbocycles. The lowest BCUT2D eigenvalue weighted by Crippen LogP contribution is -2.32. The van der Waals surface area contributed by atoms with Gasteiger partial charge in [0.15, 0.2) is 0 Å². The van der Waals surface area contributed by atoms with Crippen LogP contribution in [-0.2, 0) is 33.9 Å². The Balaban J connectivity index is 0.000000382. The first kappa shape index (κ1) is 25.4. The molecule has 0 bridgehead atoms. The van der Waals surface area contributed by atoms with Crippen LogP contribution in [0.25, 0.3) is 4.91 Å². The van der Waals surface area contributed by atoms with Crippen LogP contribution in [0.2, 0.25) is 5.02 Å². The van der Waals surface area contributed by atoms with E-state index in [2.05, 4.69) is 9.47 Å². The van der Waals surface area contributed by atoms with E-state index < -0.39 is 33.6 Å². The van der Waals surface area contributed by atoms with Crippen molar-refractivity contribution in [2.45, 2.75) is 33.6 Å². The molecule has 11 heteroatoms. The van der Waals surface area contributed by atoms with Crippen molar-refractivity contribution in [2.24, 2.45) is 0 Å². The van der Waals surface area contributed by atoms with Gasteiger partial charge < -0.3 is 14.6 Å². The number of hydrogen-bond acceptors (Lipinski definition) is 8. The van der Waals surface area contributed by atoms with Gasteiger partial charge in [-0.25, -0.2) is 22.3 Å². The van der Waals surface area contributed by atoms with Gasteiger partial charge in [0.05, 0.1) is 13.2 Å². The predicted octanol–water partition coefficient (Wildman–Crippen LogP) is 2.65. The molecule has 9 nitrogen and oxygen atoms in total. The lowest BCUT2D eigenvalue weighted by molar-refractivity contribution is -0.167. The van der Waals surface area contributed by atoms with Gasteiger partial charge in [0, 0.05) is 17.1 Å². The molecule has 1 heterocycles. The predicted molar refractivity (Wildman–Crippen MR) is 110 cm³/mol. The fourth-order valence-corrected chi connectivity index (χ4v) is 4.22. The van der Waals surface area contributed by atoms with E-state index in [4.69, 9.17) is 11.6 Å². The summed E-state index contributed by atoms with van der Waals surface area (Å²) in [5.74, 6) is -3.48. The van der Waals surface area contributed by atoms with Crippen molar-refractivity contribution in [3.05, 3.63) is 40.6 Å². The molecular formula is C19H24ClNO8S. The largest absolute Gasteiger partial charge is 0.502 e. The standard InChI is InChI=1S/C13H14ClNO4S.C6H10O4/c1-2-3-7-15-13(17)11(16)12(20(15,18)19)9-5-4-6-10(14)8-9;1-3-9-5(7)6(8)10-4-2/h4-6,8,16H,2-3,7H2,1H3;3-4H2,1-2H3. The molecule has 0 fully saturated rings. The van der Waals surface area contributed by atoms with Crippen LogP contribution in [0.1, 0.15) is 39.2 Å². The molecule has 0 radical (unpaired) electrons. The van der Waals surface area contributed by atoms with Gasteiger partial charge in [-0.2, -0.15) is 0 Å². The Hall–Kier alpha value is -2.59. The van der Waals surface area contributed by atoms with Gasteiger partial charge in [-0.1, -0.05) is 37.1 Å². The summed E-state index contributed by atoms with van der Waals surface area (Å²) in [5.41, 5.74) is 0.211. The third-order valence-corrected chi connectivity index (χ3v) is 5.82. The number of aliphatic hydroxyl groups excluding tert-OH is 1. The van der Waals surface area contributed by atoms with E-state index in [1.807, 2.05) is 6.92 Å². The van der Waals surface area contributed by atoms with Gasteiger partial charge in [-0.3, -0.25) is 4.79 Å². The Morgan fingerprint density at radius 1 is 1.10 bits per heavy atom. The molecule has 0 spiro atoms. The molecule has 0 aliphatic carbocycles. The second-order valence-electron chi connectivity index (χ2n) is 5.86. The Morgan fingerprint density at radius 2 is 1.67 bits per heavy atom. The van der Waals surface area contributed by atoms with Gasteiger partial charge in [-0.15, -0.1) is 0 Å². The van der Waals surface area contributed by atoms with E-state index >= 15 is 0 Å². The first-order valence-corrected chi connectivity index (χ1v) is 11.0. The first-order chi connectivity index (χ1) is 14.1. The molecule has 2 rings (SSSR count). The molecule has 1 aromatic carbocycles. The zero-order valence-corrected chi connectivity index (χ0v) is 18.5. The average molecular weight is 462 g/mol. The van der Waals surface area contributed by atoms with Gasteiger partial charge in [-0.05, 0) is 32.4 Å². The summed E-state index contributed by atoms with van der Waals surface area (Å²) in [5, 5.41) is 10.2. The molecule has 1 aliphatic heterocycles. The van der Waals surface area contributed by atoms with Crippen molar-refractivity contribution in [3.63, 3.8) is 0 Å². The van der Waals surface area contributed by atoms with E-state index in [0.29, 0.717) is 15.7 Å². The van der Waals surface area contributed by atoms with Crippen LogP contribution in [0.3, 0.4) is 0 Å². The molecule has 0 aromatic heterocycles. The van der Waals surface area contributed by atoms with Crippen LogP contribution in [0.15, 0.2) is 30.0 Å². The number of sulfonamides is 1. The third-order valence-electron chi connectivity index (χ3n) is 3.71. The lowest BCUT2D eigenvalue weighted by Gasteiger charge is -2.15. The molecule has 0 saturated heterocycles. The minimum Gasteiger partial charge on any atom is -0.502 e. The SMILES string of the molecule is CCCCN1C(=O)C(O)=C(c2cccc(Cl)c2)S1(=O)=O.CCOC(=O)C(=O)OCC. The van der Waals surface area contributed by atoms with Crippen molar-refractivity contribution in [2.75, 3.05) is 19.8 Å². The first-order valence-electron chi connectivity index (χ1n) is 9.21. The topological polar surface area (TPSA) is 127 Å². The van der Waals surface area contributed by atoms with Crippen LogP contribution < -0.4 is 0 Å². The van der Waals surface area contributed by atoms with Gasteiger partial charge in [0.1, 0.15) is 4.91 Å². The number of aliphatic hydroxyl groups is 1. The zero-order chi connectivity index (χ0) is 22.9. The summed E-state index contributed by atoms with van der Waals surface area (Å²) in [6, 6.07) is 6.04. The Labute approximate surface area is 180 Å². The number of ether oxygens (including phenoxy) is 2. The maximum absolute atomic E-state index is 12.4. The summed E-state index contributed by atoms with van der Waals surface area (Å²) < 4.78 is 34.1. The van der Waals surface area contributed by atoms with Crippen LogP contribution in [0, 0.1) is 0 Å². The summed E-state index contributed by atoms with van der Waals surface area (Å²) in [7, 11) is -4.01. The van der Waals surface area contributed by atoms with Crippen LogP contribution in [-0.4, -0.2) is 55.4 Å². The highest BCUT2D eigenvalue weighted by atomic mass is 35.5. The summed E-state index contributed by atoms with van der Waals surface area (Å²) >= 11 is 5.82. The number of esters is 2. The lowest BCUT2D eigenvalue weighted by atomic mass is 10.2. The highest BCUT2D eigenvalue weighted by Gasteiger charge is 2.44. The van der Waals surface area contributed by atoms with Gasteiger partial charge >= 0.3 is 17.8 Å². The minimum atomic E-state index is -4.01. The summed E-state index contributed by atoms with van der Waals surface area (Å²) in [6.45, 7) is 5.58. The zero-order valence-electron chi connectivity index (χ0n) is 16.9. The maximum atomic E-state index is 12.4. The fourth-order valence-electron chi connectivity index (χ4n) is 2.38. The highest BCUT2D eigenvalue weighted by Crippen LogP contribution is 2.35. The van der Waals surface area contributed by atoms with Crippen molar-refractivity contribution in [3.8, 4) is 0 Å². The van der Waals surface area contributed by atoms with Crippen LogP contribution >= 0.6 is 11.6 Å². The number of benzene rings is 1. The number of nitrogens with zero attached hydrogens (tertiary/aromatic N) is 1. The van der Waals surface area contributed by atoms with Crippen LogP contribution in [0.4, 0.5) is 0 Å². The number of carbonyl (C=O) groups is 3. The van der Waals surface area contributed by atoms with E-state index in [9.17, 15) is 27.9 Å². The molecule has 1 aromatic rings. The fraction of sp³-hybridized carbons (Fsp3) is 0.421.